The molecule has 26 heavy (non-hydrogen) atoms. The van der Waals surface area contributed by atoms with Gasteiger partial charge in [0, 0.05) is 19.0 Å². The Bertz CT molecular complexity index is 807. The lowest BCUT2D eigenvalue weighted by atomic mass is 9.85. The number of likely N-dealkylation sites (tertiary alicyclic amines) is 1. The van der Waals surface area contributed by atoms with Crippen LogP contribution < -0.4 is 14.2 Å². The van der Waals surface area contributed by atoms with Crippen LogP contribution in [0.5, 0.6) is 11.5 Å². The molecule has 1 heterocycles. The molecule has 0 aromatic heterocycles. The molecule has 1 fully saturated rings. The highest BCUT2D eigenvalue weighted by Gasteiger charge is 2.50. The smallest absolute Gasteiger partial charge is 0.264 e. The maximum atomic E-state index is 12.6. The number of nitrogens with one attached hydrogen (secondary N) is 1. The number of rotatable bonds is 7. The summed E-state index contributed by atoms with van der Waals surface area (Å²) in [7, 11) is -1.28. The van der Waals surface area contributed by atoms with Gasteiger partial charge in [-0.3, -0.25) is 9.59 Å². The van der Waals surface area contributed by atoms with E-state index < -0.39 is 21.5 Å². The topological polar surface area (TPSA) is 102 Å². The molecule has 1 aromatic rings. The molecular weight excluding hydrogens is 360 g/mol. The number of sulfonamides is 1. The predicted molar refractivity (Wildman–Crippen MR) is 94.5 cm³/mol. The van der Waals surface area contributed by atoms with E-state index in [-0.39, 0.29) is 16.6 Å². The van der Waals surface area contributed by atoms with Gasteiger partial charge in [-0.2, -0.15) is 0 Å². The highest BCUT2D eigenvalue weighted by molar-refractivity contribution is 7.90. The normalized spacial score (nSPS) is 19.5. The highest BCUT2D eigenvalue weighted by Crippen LogP contribution is 2.33. The van der Waals surface area contributed by atoms with Crippen LogP contribution in [-0.4, -0.2) is 51.4 Å². The van der Waals surface area contributed by atoms with Crippen molar-refractivity contribution in [3.8, 4) is 11.5 Å². The molecule has 2 rings (SSSR count). The second-order valence-electron chi connectivity index (χ2n) is 6.27. The van der Waals surface area contributed by atoms with Gasteiger partial charge in [0.15, 0.2) is 11.5 Å². The minimum absolute atomic E-state index is 0.127. The third-order valence-electron chi connectivity index (χ3n) is 4.56. The molecular formula is C17H24N2O6S. The third-order valence-corrected chi connectivity index (χ3v) is 5.89. The molecule has 1 atom stereocenters. The lowest BCUT2D eigenvalue weighted by Crippen LogP contribution is -2.67. The molecule has 9 heteroatoms. The van der Waals surface area contributed by atoms with Gasteiger partial charge in [-0.1, -0.05) is 6.92 Å². The van der Waals surface area contributed by atoms with Crippen molar-refractivity contribution < 1.29 is 27.5 Å². The Morgan fingerprint density at radius 1 is 1.23 bits per heavy atom. The van der Waals surface area contributed by atoms with Crippen LogP contribution in [0.25, 0.3) is 0 Å². The van der Waals surface area contributed by atoms with Crippen molar-refractivity contribution in [1.29, 1.82) is 0 Å². The number of carbonyl (C=O) groups is 2. The molecule has 1 saturated heterocycles. The van der Waals surface area contributed by atoms with Crippen LogP contribution in [0.1, 0.15) is 33.1 Å². The summed E-state index contributed by atoms with van der Waals surface area (Å²) in [5.74, 6) is -0.264. The van der Waals surface area contributed by atoms with Crippen molar-refractivity contribution in [2.75, 3.05) is 20.8 Å². The van der Waals surface area contributed by atoms with Crippen LogP contribution in [0.3, 0.4) is 0 Å². The molecule has 1 aromatic carbocycles. The zero-order valence-corrected chi connectivity index (χ0v) is 16.2. The average Bonchev–Trinajstić information content (AvgIpc) is 2.59. The minimum atomic E-state index is -4.11. The van der Waals surface area contributed by atoms with E-state index in [9.17, 15) is 18.0 Å². The molecule has 1 aliphatic heterocycles. The number of amides is 2. The van der Waals surface area contributed by atoms with Crippen LogP contribution in [0, 0.1) is 0 Å². The lowest BCUT2D eigenvalue weighted by Gasteiger charge is -2.48. The molecule has 1 aliphatic rings. The van der Waals surface area contributed by atoms with E-state index >= 15 is 0 Å². The summed E-state index contributed by atoms with van der Waals surface area (Å²) in [4.78, 5) is 26.0. The third kappa shape index (κ3) is 3.62. The van der Waals surface area contributed by atoms with Gasteiger partial charge in [0.25, 0.3) is 15.9 Å². The predicted octanol–water partition coefficient (Wildman–Crippen LogP) is 1.30. The monoisotopic (exact) mass is 384 g/mol. The van der Waals surface area contributed by atoms with E-state index in [0.29, 0.717) is 31.6 Å². The fraction of sp³-hybridized carbons (Fsp3) is 0.529. The van der Waals surface area contributed by atoms with Crippen molar-refractivity contribution in [2.45, 2.75) is 43.5 Å². The van der Waals surface area contributed by atoms with E-state index in [4.69, 9.17) is 9.47 Å². The summed E-state index contributed by atoms with van der Waals surface area (Å²) in [6, 6.07) is 4.04. The highest BCUT2D eigenvalue weighted by atomic mass is 32.2. The maximum Gasteiger partial charge on any atom is 0.264 e. The first-order valence-corrected chi connectivity index (χ1v) is 9.77. The Balaban J connectivity index is 2.21. The van der Waals surface area contributed by atoms with Crippen molar-refractivity contribution >= 4 is 21.8 Å². The van der Waals surface area contributed by atoms with E-state index in [1.807, 2.05) is 6.92 Å². The van der Waals surface area contributed by atoms with Gasteiger partial charge in [0.1, 0.15) is 5.54 Å². The van der Waals surface area contributed by atoms with Crippen LogP contribution >= 0.6 is 0 Å². The summed E-state index contributed by atoms with van der Waals surface area (Å²) >= 11 is 0. The summed E-state index contributed by atoms with van der Waals surface area (Å²) < 4.78 is 37.4. The van der Waals surface area contributed by atoms with E-state index in [1.165, 1.54) is 37.3 Å². The number of nitrogens with zero attached hydrogens (tertiary/aromatic N) is 1. The Hall–Kier alpha value is -2.29. The Labute approximate surface area is 153 Å². The van der Waals surface area contributed by atoms with E-state index in [2.05, 4.69) is 4.72 Å². The number of methoxy groups -OCH3 is 2. The molecule has 2 amide bonds. The van der Waals surface area contributed by atoms with Gasteiger partial charge in [0.2, 0.25) is 5.91 Å². The second-order valence-corrected chi connectivity index (χ2v) is 7.95. The van der Waals surface area contributed by atoms with Gasteiger partial charge in [-0.25, -0.2) is 13.1 Å². The maximum absolute atomic E-state index is 12.6. The molecule has 8 nitrogen and oxygen atoms in total. The largest absolute Gasteiger partial charge is 0.493 e. The lowest BCUT2D eigenvalue weighted by molar-refractivity contribution is -0.156. The van der Waals surface area contributed by atoms with Crippen LogP contribution in [0.15, 0.2) is 23.1 Å². The Morgan fingerprint density at radius 2 is 1.88 bits per heavy atom. The summed E-state index contributed by atoms with van der Waals surface area (Å²) in [6.45, 7) is 3.89. The first-order valence-electron chi connectivity index (χ1n) is 8.29. The molecule has 0 bridgehead atoms. The van der Waals surface area contributed by atoms with Gasteiger partial charge in [-0.05, 0) is 31.9 Å². The minimum Gasteiger partial charge on any atom is -0.493 e. The van der Waals surface area contributed by atoms with Crippen LogP contribution in [-0.2, 0) is 19.6 Å². The fourth-order valence-corrected chi connectivity index (χ4v) is 3.91. The van der Waals surface area contributed by atoms with Crippen LogP contribution in [0.4, 0.5) is 0 Å². The summed E-state index contributed by atoms with van der Waals surface area (Å²) in [5, 5.41) is 0. The zero-order chi connectivity index (χ0) is 19.5. The Morgan fingerprint density at radius 3 is 2.38 bits per heavy atom. The summed E-state index contributed by atoms with van der Waals surface area (Å²) in [5.41, 5.74) is -1.16. The van der Waals surface area contributed by atoms with Crippen molar-refractivity contribution in [1.82, 2.24) is 9.62 Å². The first-order chi connectivity index (χ1) is 12.2. The zero-order valence-electron chi connectivity index (χ0n) is 15.4. The van der Waals surface area contributed by atoms with Gasteiger partial charge < -0.3 is 14.4 Å². The van der Waals surface area contributed by atoms with Crippen molar-refractivity contribution in [3.63, 3.8) is 0 Å². The van der Waals surface area contributed by atoms with Gasteiger partial charge >= 0.3 is 0 Å². The number of ether oxygens (including phenoxy) is 2. The molecule has 0 aliphatic carbocycles. The first kappa shape index (κ1) is 20.0. The standard InChI is InChI=1S/C17H24N2O6S/c1-5-6-15(20)19-10-9-17(19,2)16(21)18-26(22,23)12-7-8-13(24-3)14(11-12)25-4/h7-8,11H,5-6,9-10H2,1-4H3,(H,18,21). The molecule has 144 valence electrons. The van der Waals surface area contributed by atoms with E-state index in [1.54, 1.807) is 6.92 Å². The molecule has 1 unspecified atom stereocenters. The number of benzene rings is 1. The Kier molecular flexibility index (Phi) is 5.80. The fourth-order valence-electron chi connectivity index (χ4n) is 2.82. The van der Waals surface area contributed by atoms with E-state index in [0.717, 1.165) is 0 Å². The molecule has 0 saturated carbocycles. The average molecular weight is 384 g/mol. The van der Waals surface area contributed by atoms with Crippen LogP contribution in [0.2, 0.25) is 0 Å². The van der Waals surface area contributed by atoms with Crippen molar-refractivity contribution in [2.24, 2.45) is 0 Å². The number of carbonyl (C=O) groups excluding carboxylic acids is 2. The quantitative estimate of drug-likeness (QED) is 0.760. The number of hydrogen-bond donors (Lipinski definition) is 1. The van der Waals surface area contributed by atoms with Gasteiger partial charge in [0.05, 0.1) is 19.1 Å². The molecule has 0 spiro atoms. The molecule has 0 radical (unpaired) electrons. The van der Waals surface area contributed by atoms with Gasteiger partial charge in [-0.15, -0.1) is 0 Å². The van der Waals surface area contributed by atoms with Crippen molar-refractivity contribution in [3.05, 3.63) is 18.2 Å². The molecule has 1 N–H and O–H groups in total. The SMILES string of the molecule is CCCC(=O)N1CCC1(C)C(=O)NS(=O)(=O)c1ccc(OC)c(OC)c1. The summed E-state index contributed by atoms with van der Waals surface area (Å²) in [6.07, 6.45) is 1.40. The number of hydrogen-bond acceptors (Lipinski definition) is 6. The second kappa shape index (κ2) is 7.53.